The molecule has 1 aliphatic rings. The minimum Gasteiger partial charge on any atom is -0.329 e. The molecule has 1 saturated heterocycles. The van der Waals surface area contributed by atoms with Crippen molar-refractivity contribution in [3.63, 3.8) is 0 Å². The Morgan fingerprint density at radius 3 is 2.83 bits per heavy atom. The second-order valence-corrected chi connectivity index (χ2v) is 6.60. The van der Waals surface area contributed by atoms with Gasteiger partial charge in [-0.3, -0.25) is 4.90 Å². The predicted octanol–water partition coefficient (Wildman–Crippen LogP) is 2.97. The van der Waals surface area contributed by atoms with Crippen molar-refractivity contribution >= 4 is 17.4 Å². The smallest absolute Gasteiger partial charge is 0.318 e. The minimum absolute atomic E-state index is 0.0107. The zero-order chi connectivity index (χ0) is 16.8. The molecular weight excluding hydrogens is 322 g/mol. The molecule has 0 radical (unpaired) electrons. The Hall–Kier alpha value is -1.28. The molecule has 2 rings (SSSR count). The summed E-state index contributed by atoms with van der Waals surface area (Å²) in [5.41, 5.74) is 0. The van der Waals surface area contributed by atoms with E-state index in [0.29, 0.717) is 19.6 Å². The van der Waals surface area contributed by atoms with Crippen LogP contribution in [0.5, 0.6) is 0 Å². The number of rotatable bonds is 6. The molecule has 1 aliphatic heterocycles. The molecule has 1 aromatic rings. The van der Waals surface area contributed by atoms with Crippen LogP contribution in [0.15, 0.2) is 11.6 Å². The molecule has 0 aromatic carbocycles. The number of alkyl halides is 2. The molecule has 0 unspecified atom stereocenters. The van der Waals surface area contributed by atoms with Crippen LogP contribution in [-0.4, -0.2) is 59.5 Å². The maximum atomic E-state index is 12.6. The fourth-order valence-electron chi connectivity index (χ4n) is 2.87. The van der Waals surface area contributed by atoms with Crippen molar-refractivity contribution in [3.05, 3.63) is 16.6 Å². The Balaban J connectivity index is 1.92. The Labute approximate surface area is 139 Å². The average Bonchev–Trinajstić information content (AvgIpc) is 3.06. The molecule has 0 bridgehead atoms. The molecule has 1 N–H and O–H groups in total. The van der Waals surface area contributed by atoms with Gasteiger partial charge in [-0.15, -0.1) is 11.3 Å². The van der Waals surface area contributed by atoms with Crippen molar-refractivity contribution in [2.45, 2.75) is 45.2 Å². The lowest BCUT2D eigenvalue weighted by Crippen LogP contribution is -2.57. The van der Waals surface area contributed by atoms with Crippen LogP contribution in [0, 0.1) is 0 Å². The number of carbonyl (C=O) groups is 1. The van der Waals surface area contributed by atoms with Crippen LogP contribution in [-0.2, 0) is 0 Å². The molecule has 2 amide bonds. The molecular formula is C15H24F2N4OS. The standard InChI is InChI=1S/C15H24F2N4OS/c1-3-11-9-21(7-6-20(11)10-13(16)17)15(22)19-12(4-2)14-18-5-8-23-14/h5,8,11-13H,3-4,6-7,9-10H2,1-2H3,(H,19,22)/t11-,12+/m0/s1. The Bertz CT molecular complexity index is 486. The van der Waals surface area contributed by atoms with Crippen molar-refractivity contribution in [1.29, 1.82) is 0 Å². The number of piperazine rings is 1. The van der Waals surface area contributed by atoms with Crippen molar-refractivity contribution in [1.82, 2.24) is 20.1 Å². The fourth-order valence-corrected chi connectivity index (χ4v) is 3.64. The van der Waals surface area contributed by atoms with Crippen LogP contribution < -0.4 is 5.32 Å². The van der Waals surface area contributed by atoms with Crippen LogP contribution >= 0.6 is 11.3 Å². The van der Waals surface area contributed by atoms with Gasteiger partial charge in [0.25, 0.3) is 6.43 Å². The van der Waals surface area contributed by atoms with Gasteiger partial charge in [0.2, 0.25) is 0 Å². The third-order valence-electron chi connectivity index (χ3n) is 4.19. The van der Waals surface area contributed by atoms with Gasteiger partial charge in [0, 0.05) is 37.3 Å². The van der Waals surface area contributed by atoms with Gasteiger partial charge in [-0.25, -0.2) is 18.6 Å². The molecule has 0 spiro atoms. The highest BCUT2D eigenvalue weighted by atomic mass is 32.1. The first-order chi connectivity index (χ1) is 11.0. The molecule has 2 heterocycles. The van der Waals surface area contributed by atoms with Crippen LogP contribution in [0.25, 0.3) is 0 Å². The van der Waals surface area contributed by atoms with Gasteiger partial charge in [-0.1, -0.05) is 13.8 Å². The van der Waals surface area contributed by atoms with Crippen LogP contribution in [0.3, 0.4) is 0 Å². The summed E-state index contributed by atoms with van der Waals surface area (Å²) in [6.45, 7) is 5.21. The first-order valence-electron chi connectivity index (χ1n) is 8.02. The van der Waals surface area contributed by atoms with Gasteiger partial charge >= 0.3 is 6.03 Å². The highest BCUT2D eigenvalue weighted by Gasteiger charge is 2.30. The van der Waals surface area contributed by atoms with Crippen LogP contribution in [0.2, 0.25) is 0 Å². The number of nitrogens with one attached hydrogen (secondary N) is 1. The third-order valence-corrected chi connectivity index (χ3v) is 5.08. The van der Waals surface area contributed by atoms with Gasteiger partial charge in [-0.2, -0.15) is 0 Å². The van der Waals surface area contributed by atoms with Crippen LogP contribution in [0.4, 0.5) is 13.6 Å². The largest absolute Gasteiger partial charge is 0.329 e. The summed E-state index contributed by atoms with van der Waals surface area (Å²) in [6.07, 6.45) is 0.909. The highest BCUT2D eigenvalue weighted by molar-refractivity contribution is 7.09. The van der Waals surface area contributed by atoms with E-state index in [1.807, 2.05) is 19.2 Å². The minimum atomic E-state index is -2.33. The summed E-state index contributed by atoms with van der Waals surface area (Å²) in [7, 11) is 0. The lowest BCUT2D eigenvalue weighted by molar-refractivity contribution is 0.0287. The Kier molecular flexibility index (Phi) is 6.71. The van der Waals surface area contributed by atoms with E-state index in [2.05, 4.69) is 10.3 Å². The Morgan fingerprint density at radius 1 is 1.48 bits per heavy atom. The van der Waals surface area contributed by atoms with E-state index in [1.54, 1.807) is 16.0 Å². The Morgan fingerprint density at radius 2 is 2.26 bits per heavy atom. The number of amides is 2. The van der Waals surface area contributed by atoms with Gasteiger partial charge in [-0.05, 0) is 12.8 Å². The van der Waals surface area contributed by atoms with E-state index < -0.39 is 6.43 Å². The molecule has 5 nitrogen and oxygen atoms in total. The summed E-state index contributed by atoms with van der Waals surface area (Å²) < 4.78 is 25.2. The van der Waals surface area contributed by atoms with E-state index >= 15 is 0 Å². The predicted molar refractivity (Wildman–Crippen MR) is 86.9 cm³/mol. The maximum absolute atomic E-state index is 12.6. The average molecular weight is 346 g/mol. The molecule has 1 fully saturated rings. The van der Waals surface area contributed by atoms with Gasteiger partial charge < -0.3 is 10.2 Å². The van der Waals surface area contributed by atoms with Gasteiger partial charge in [0.05, 0.1) is 12.6 Å². The number of hydrogen-bond acceptors (Lipinski definition) is 4. The zero-order valence-electron chi connectivity index (χ0n) is 13.5. The van der Waals surface area contributed by atoms with Crippen molar-refractivity contribution in [2.24, 2.45) is 0 Å². The molecule has 0 aliphatic carbocycles. The lowest BCUT2D eigenvalue weighted by Gasteiger charge is -2.41. The summed E-state index contributed by atoms with van der Waals surface area (Å²) in [6, 6.07) is -0.243. The quantitative estimate of drug-likeness (QED) is 0.861. The highest BCUT2D eigenvalue weighted by Crippen LogP contribution is 2.20. The first-order valence-corrected chi connectivity index (χ1v) is 8.90. The maximum Gasteiger partial charge on any atom is 0.318 e. The van der Waals surface area contributed by atoms with E-state index in [-0.39, 0.29) is 24.7 Å². The number of urea groups is 1. The lowest BCUT2D eigenvalue weighted by atomic mass is 10.1. The van der Waals surface area contributed by atoms with Crippen molar-refractivity contribution in [2.75, 3.05) is 26.2 Å². The first kappa shape index (κ1) is 18.1. The number of nitrogens with zero attached hydrogens (tertiary/aromatic N) is 3. The van der Waals surface area contributed by atoms with Crippen molar-refractivity contribution < 1.29 is 13.6 Å². The van der Waals surface area contributed by atoms with Crippen molar-refractivity contribution in [3.8, 4) is 0 Å². The molecule has 2 atom stereocenters. The summed E-state index contributed by atoms with van der Waals surface area (Å²) >= 11 is 1.52. The summed E-state index contributed by atoms with van der Waals surface area (Å²) in [5, 5.41) is 5.79. The molecule has 130 valence electrons. The number of halogens is 2. The number of thiazole rings is 1. The molecule has 1 aromatic heterocycles. The molecule has 0 saturated carbocycles. The summed E-state index contributed by atoms with van der Waals surface area (Å²) in [4.78, 5) is 20.2. The SMILES string of the molecule is CC[C@H]1CN(C(=O)N[C@H](CC)c2nccs2)CCN1CC(F)F. The normalized spacial score (nSPS) is 20.7. The second kappa shape index (κ2) is 8.54. The zero-order valence-corrected chi connectivity index (χ0v) is 14.4. The topological polar surface area (TPSA) is 48.5 Å². The van der Waals surface area contributed by atoms with Gasteiger partial charge in [0.1, 0.15) is 5.01 Å². The molecule has 8 heteroatoms. The second-order valence-electron chi connectivity index (χ2n) is 5.67. The fraction of sp³-hybridized carbons (Fsp3) is 0.733. The summed E-state index contributed by atoms with van der Waals surface area (Å²) in [5.74, 6) is 0. The van der Waals surface area contributed by atoms with E-state index in [9.17, 15) is 13.6 Å². The van der Waals surface area contributed by atoms with E-state index in [1.165, 1.54) is 11.3 Å². The van der Waals surface area contributed by atoms with E-state index in [0.717, 1.165) is 17.8 Å². The van der Waals surface area contributed by atoms with Gasteiger partial charge in [0.15, 0.2) is 0 Å². The number of hydrogen-bond donors (Lipinski definition) is 1. The molecule has 23 heavy (non-hydrogen) atoms. The van der Waals surface area contributed by atoms with E-state index in [4.69, 9.17) is 0 Å². The number of aromatic nitrogens is 1. The number of carbonyl (C=O) groups excluding carboxylic acids is 1. The third kappa shape index (κ3) is 4.84. The van der Waals surface area contributed by atoms with Crippen LogP contribution in [0.1, 0.15) is 37.7 Å². The monoisotopic (exact) mass is 346 g/mol.